The van der Waals surface area contributed by atoms with E-state index in [0.717, 1.165) is 28.7 Å². The van der Waals surface area contributed by atoms with Gasteiger partial charge >= 0.3 is 6.09 Å². The molecule has 240 valence electrons. The Bertz CT molecular complexity index is 1400. The predicted octanol–water partition coefficient (Wildman–Crippen LogP) is 3.84. The summed E-state index contributed by atoms with van der Waals surface area (Å²) in [6.45, 7) is 4.42. The van der Waals surface area contributed by atoms with Crippen molar-refractivity contribution in [3.63, 3.8) is 0 Å². The molecule has 2 saturated heterocycles. The number of carbonyl (C=O) groups is 2. The third kappa shape index (κ3) is 8.97. The quantitative estimate of drug-likeness (QED) is 0.212. The van der Waals surface area contributed by atoms with Crippen LogP contribution in [-0.4, -0.2) is 67.5 Å². The topological polar surface area (TPSA) is 141 Å². The molecule has 0 spiro atoms. The van der Waals surface area contributed by atoms with Crippen molar-refractivity contribution in [3.05, 3.63) is 95.1 Å². The number of aliphatic hydroxyl groups is 1. The first-order valence-corrected chi connectivity index (χ1v) is 15.5. The molecule has 5 rings (SSSR count). The van der Waals surface area contributed by atoms with E-state index in [0.29, 0.717) is 30.9 Å². The minimum atomic E-state index is -1.00. The van der Waals surface area contributed by atoms with Crippen molar-refractivity contribution >= 4 is 17.7 Å². The smallest absolute Gasteiger partial charge is 0.407 e. The van der Waals surface area contributed by atoms with Gasteiger partial charge in [0.25, 0.3) is 5.91 Å². The summed E-state index contributed by atoms with van der Waals surface area (Å²) < 4.78 is 22.8. The molecule has 0 aromatic heterocycles. The number of alkyl carbamates (subject to hydrolysis) is 1. The summed E-state index contributed by atoms with van der Waals surface area (Å²) in [4.78, 5) is 26.3. The molecule has 10 nitrogen and oxygen atoms in total. The molecule has 2 unspecified atom stereocenters. The average Bonchev–Trinajstić information content (AvgIpc) is 3.62. The second kappa shape index (κ2) is 15.2. The number of nitrogen functional groups attached to an aromatic ring is 1. The number of anilines is 1. The average molecular weight is 618 g/mol. The Morgan fingerprint density at radius 3 is 2.27 bits per heavy atom. The zero-order valence-electron chi connectivity index (χ0n) is 25.8. The standard InChI is InChI=1S/C35H43N3O7/c1-22-15-26(36)16-23(2)33(22)43-21-32(40)37-27(17-24-9-5-3-6-10-24)19-30(39)29(18-25-11-7-4-8-12-25)38-35(41)45-31-20-44-34-28(31)13-14-42-34/h3-12,15-16,27-31,34,39H,13-14,17-21,36H2,1-2H3,(H,37,40)(H,38,41)/t27-,28?,29-,30-,31-,34?/m0/s1. The van der Waals surface area contributed by atoms with Gasteiger partial charge < -0.3 is 40.4 Å². The molecule has 2 amide bonds. The van der Waals surface area contributed by atoms with Gasteiger partial charge in [-0.15, -0.1) is 0 Å². The zero-order chi connectivity index (χ0) is 31.8. The van der Waals surface area contributed by atoms with E-state index < -0.39 is 30.4 Å². The van der Waals surface area contributed by atoms with Gasteiger partial charge in [0.1, 0.15) is 11.9 Å². The number of rotatable bonds is 13. The normalized spacial score (nSPS) is 20.9. The summed E-state index contributed by atoms with van der Waals surface area (Å²) in [5.41, 5.74) is 10.2. The molecule has 3 aromatic rings. The Hall–Kier alpha value is -4.12. The first-order chi connectivity index (χ1) is 21.7. The SMILES string of the molecule is Cc1cc(N)cc(C)c1OCC(=O)N[C@@H](Cc1ccccc1)C[C@H](O)[C@H](Cc1ccccc1)NC(=O)O[C@H]1COC2OCCC21. The minimum absolute atomic E-state index is 0.00162. The van der Waals surface area contributed by atoms with Gasteiger partial charge in [0, 0.05) is 11.7 Å². The fraction of sp³-hybridized carbons (Fsp3) is 0.429. The molecule has 2 aliphatic rings. The maximum absolute atomic E-state index is 13.2. The number of benzene rings is 3. The molecule has 0 aliphatic carbocycles. The summed E-state index contributed by atoms with van der Waals surface area (Å²) in [5.74, 6) is 0.301. The molecule has 0 saturated carbocycles. The van der Waals surface area contributed by atoms with Crippen LogP contribution in [0.25, 0.3) is 0 Å². The van der Waals surface area contributed by atoms with Crippen molar-refractivity contribution in [3.8, 4) is 5.75 Å². The van der Waals surface area contributed by atoms with Crippen molar-refractivity contribution in [2.45, 2.75) is 70.1 Å². The van der Waals surface area contributed by atoms with Crippen LogP contribution in [0.5, 0.6) is 5.75 Å². The number of nitrogens with two attached hydrogens (primary N) is 1. The third-order valence-electron chi connectivity index (χ3n) is 8.36. The van der Waals surface area contributed by atoms with Gasteiger partial charge in [0.2, 0.25) is 0 Å². The Morgan fingerprint density at radius 1 is 0.956 bits per heavy atom. The number of aryl methyl sites for hydroxylation is 2. The zero-order valence-corrected chi connectivity index (χ0v) is 25.8. The van der Waals surface area contributed by atoms with E-state index in [4.69, 9.17) is 24.7 Å². The second-order valence-corrected chi connectivity index (χ2v) is 11.9. The molecular weight excluding hydrogens is 574 g/mol. The number of carbonyl (C=O) groups excluding carboxylic acids is 2. The van der Waals surface area contributed by atoms with Gasteiger partial charge in [-0.1, -0.05) is 60.7 Å². The number of nitrogens with one attached hydrogen (secondary N) is 2. The predicted molar refractivity (Wildman–Crippen MR) is 170 cm³/mol. The maximum Gasteiger partial charge on any atom is 0.407 e. The van der Waals surface area contributed by atoms with E-state index in [-0.39, 0.29) is 37.7 Å². The Balaban J connectivity index is 1.26. The van der Waals surface area contributed by atoms with Gasteiger partial charge in [-0.25, -0.2) is 4.79 Å². The van der Waals surface area contributed by atoms with Crippen molar-refractivity contribution in [1.29, 1.82) is 0 Å². The highest BCUT2D eigenvalue weighted by atomic mass is 16.7. The van der Waals surface area contributed by atoms with Crippen LogP contribution in [-0.2, 0) is 31.8 Å². The van der Waals surface area contributed by atoms with Crippen LogP contribution >= 0.6 is 0 Å². The van der Waals surface area contributed by atoms with Crippen molar-refractivity contribution in [2.75, 3.05) is 25.6 Å². The number of fused-ring (bicyclic) bond motifs is 1. The van der Waals surface area contributed by atoms with E-state index in [9.17, 15) is 14.7 Å². The van der Waals surface area contributed by atoms with Crippen LogP contribution in [0.4, 0.5) is 10.5 Å². The van der Waals surface area contributed by atoms with E-state index in [1.807, 2.05) is 74.5 Å². The van der Waals surface area contributed by atoms with Crippen LogP contribution < -0.4 is 21.1 Å². The number of aliphatic hydroxyl groups excluding tert-OH is 1. The van der Waals surface area contributed by atoms with Crippen molar-refractivity contribution in [1.82, 2.24) is 10.6 Å². The first-order valence-electron chi connectivity index (χ1n) is 15.5. The van der Waals surface area contributed by atoms with Crippen LogP contribution in [0.3, 0.4) is 0 Å². The van der Waals surface area contributed by atoms with Crippen LogP contribution in [0, 0.1) is 19.8 Å². The van der Waals surface area contributed by atoms with Gasteiger partial charge in [-0.2, -0.15) is 0 Å². The monoisotopic (exact) mass is 617 g/mol. The van der Waals surface area contributed by atoms with Crippen LogP contribution in [0.15, 0.2) is 72.8 Å². The van der Waals surface area contributed by atoms with E-state index >= 15 is 0 Å². The van der Waals surface area contributed by atoms with Crippen molar-refractivity contribution < 1.29 is 33.6 Å². The fourth-order valence-corrected chi connectivity index (χ4v) is 6.19. The molecule has 2 aliphatic heterocycles. The lowest BCUT2D eigenvalue weighted by atomic mass is 9.93. The molecule has 5 N–H and O–H groups in total. The largest absolute Gasteiger partial charge is 0.483 e. The molecule has 2 fully saturated rings. The lowest BCUT2D eigenvalue weighted by Crippen LogP contribution is -2.50. The van der Waals surface area contributed by atoms with E-state index in [2.05, 4.69) is 10.6 Å². The van der Waals surface area contributed by atoms with Gasteiger partial charge in [-0.3, -0.25) is 4.79 Å². The highest BCUT2D eigenvalue weighted by molar-refractivity contribution is 5.78. The second-order valence-electron chi connectivity index (χ2n) is 11.9. The number of hydrogen-bond donors (Lipinski definition) is 4. The molecule has 45 heavy (non-hydrogen) atoms. The molecule has 3 aromatic carbocycles. The van der Waals surface area contributed by atoms with E-state index in [1.165, 1.54) is 0 Å². The van der Waals surface area contributed by atoms with E-state index in [1.54, 1.807) is 12.1 Å². The summed E-state index contributed by atoms with van der Waals surface area (Å²) in [7, 11) is 0. The minimum Gasteiger partial charge on any atom is -0.483 e. The molecule has 2 heterocycles. The number of amides is 2. The van der Waals surface area contributed by atoms with Gasteiger partial charge in [0.05, 0.1) is 31.3 Å². The maximum atomic E-state index is 13.2. The number of ether oxygens (including phenoxy) is 4. The lowest BCUT2D eigenvalue weighted by Gasteiger charge is -2.29. The molecule has 6 atom stereocenters. The molecule has 0 radical (unpaired) electrons. The lowest BCUT2D eigenvalue weighted by molar-refractivity contribution is -0.124. The summed E-state index contributed by atoms with van der Waals surface area (Å²) in [6.07, 6.45) is -0.575. The van der Waals surface area contributed by atoms with Crippen molar-refractivity contribution in [2.24, 2.45) is 5.92 Å². The Kier molecular flexibility index (Phi) is 10.9. The van der Waals surface area contributed by atoms with Crippen LogP contribution in [0.1, 0.15) is 35.1 Å². The van der Waals surface area contributed by atoms with Gasteiger partial charge in [-0.05, 0) is 73.9 Å². The number of hydrogen-bond acceptors (Lipinski definition) is 8. The highest BCUT2D eigenvalue weighted by Gasteiger charge is 2.44. The highest BCUT2D eigenvalue weighted by Crippen LogP contribution is 2.33. The first kappa shape index (κ1) is 32.3. The molecule has 10 heteroatoms. The Labute approximate surface area is 264 Å². The Morgan fingerprint density at radius 2 is 1.60 bits per heavy atom. The summed E-state index contributed by atoms with van der Waals surface area (Å²) in [5, 5.41) is 17.5. The van der Waals surface area contributed by atoms with Gasteiger partial charge in [0.15, 0.2) is 12.9 Å². The van der Waals surface area contributed by atoms with Crippen LogP contribution in [0.2, 0.25) is 0 Å². The summed E-state index contributed by atoms with van der Waals surface area (Å²) >= 11 is 0. The third-order valence-corrected chi connectivity index (χ3v) is 8.36. The molecular formula is C35H43N3O7. The fourth-order valence-electron chi connectivity index (χ4n) is 6.19. The summed E-state index contributed by atoms with van der Waals surface area (Å²) in [6, 6.07) is 21.9. The molecule has 0 bridgehead atoms.